The number of rotatable bonds is 5. The number of allylic oxidation sites excluding steroid dienone is 1. The van der Waals surface area contributed by atoms with Crippen LogP contribution in [-0.4, -0.2) is 21.2 Å². The first-order chi connectivity index (χ1) is 9.15. The second kappa shape index (κ2) is 6.29. The van der Waals surface area contributed by atoms with Crippen molar-refractivity contribution in [2.75, 3.05) is 0 Å². The molecule has 1 aromatic carbocycles. The fourth-order valence-corrected chi connectivity index (χ4v) is 1.91. The van der Waals surface area contributed by atoms with E-state index in [9.17, 15) is 4.79 Å². The molecule has 100 valence electrons. The Balaban J connectivity index is 2.03. The summed E-state index contributed by atoms with van der Waals surface area (Å²) in [5.74, 6) is 0. The Morgan fingerprint density at radius 3 is 3.11 bits per heavy atom. The summed E-state index contributed by atoms with van der Waals surface area (Å²) in [5, 5.41) is 9.15. The van der Waals surface area contributed by atoms with E-state index in [2.05, 4.69) is 16.0 Å². The summed E-state index contributed by atoms with van der Waals surface area (Å²) >= 11 is 0. The van der Waals surface area contributed by atoms with Gasteiger partial charge in [0.15, 0.2) is 0 Å². The number of unbranched alkanes of at least 4 members (excludes halogenated alkanes) is 1. The second-order valence-corrected chi connectivity index (χ2v) is 4.71. The molecule has 19 heavy (non-hydrogen) atoms. The van der Waals surface area contributed by atoms with E-state index in [1.54, 1.807) is 6.92 Å². The van der Waals surface area contributed by atoms with E-state index in [0.717, 1.165) is 35.9 Å². The number of nitrogens with one attached hydrogen (secondary N) is 1. The molecule has 0 fully saturated rings. The third kappa shape index (κ3) is 4.03. The molecule has 4 heteroatoms. The Morgan fingerprint density at radius 1 is 1.47 bits per heavy atom. The molecule has 0 aliphatic rings. The number of aromatic nitrogens is 2. The molecule has 0 bridgehead atoms. The Hall–Kier alpha value is -1.94. The van der Waals surface area contributed by atoms with Gasteiger partial charge >= 0.3 is 0 Å². The van der Waals surface area contributed by atoms with Crippen LogP contribution in [0.2, 0.25) is 0 Å². The van der Waals surface area contributed by atoms with Gasteiger partial charge in [-0.2, -0.15) is 0 Å². The molecule has 2 aromatic rings. The van der Waals surface area contributed by atoms with Crippen LogP contribution in [0, 0.1) is 0 Å². The third-order valence-electron chi connectivity index (χ3n) is 2.90. The van der Waals surface area contributed by atoms with E-state index in [4.69, 9.17) is 5.11 Å². The molecule has 1 aromatic heterocycles. The first-order valence-electron chi connectivity index (χ1n) is 6.49. The predicted octanol–water partition coefficient (Wildman–Crippen LogP) is 2.49. The van der Waals surface area contributed by atoms with Crippen molar-refractivity contribution in [3.8, 4) is 0 Å². The maximum absolute atomic E-state index is 11.1. The van der Waals surface area contributed by atoms with Crippen molar-refractivity contribution in [3.63, 3.8) is 0 Å². The van der Waals surface area contributed by atoms with Gasteiger partial charge < -0.3 is 10.1 Å². The van der Waals surface area contributed by atoms with E-state index < -0.39 is 0 Å². The zero-order chi connectivity index (χ0) is 13.7. The molecule has 0 radical (unpaired) electrons. The monoisotopic (exact) mass is 258 g/mol. The van der Waals surface area contributed by atoms with Crippen molar-refractivity contribution < 1.29 is 5.11 Å². The van der Waals surface area contributed by atoms with E-state index >= 15 is 0 Å². The lowest BCUT2D eigenvalue weighted by Crippen LogP contribution is -2.04. The minimum atomic E-state index is -0.227. The van der Waals surface area contributed by atoms with Gasteiger partial charge in [0.05, 0.1) is 23.3 Å². The standard InChI is InChI=1S/C15H18N2O2/c1-11(18)5-3-2-4-6-12-7-8-13-14(9-12)16-10-15(19)17-13/h4,6-11,18H,2-3,5H2,1H3,(H,17,19). The minimum absolute atomic E-state index is 0.186. The molecule has 1 unspecified atom stereocenters. The lowest BCUT2D eigenvalue weighted by molar-refractivity contribution is 0.182. The molecule has 4 nitrogen and oxygen atoms in total. The average Bonchev–Trinajstić information content (AvgIpc) is 2.38. The molecule has 0 aliphatic carbocycles. The van der Waals surface area contributed by atoms with Crippen LogP contribution in [0.4, 0.5) is 0 Å². The van der Waals surface area contributed by atoms with Gasteiger partial charge in [0.1, 0.15) is 0 Å². The Bertz CT molecular complexity index is 629. The molecule has 2 rings (SSSR count). The van der Waals surface area contributed by atoms with Crippen LogP contribution >= 0.6 is 0 Å². The summed E-state index contributed by atoms with van der Waals surface area (Å²) in [6.07, 6.45) is 7.94. The highest BCUT2D eigenvalue weighted by Crippen LogP contribution is 2.12. The number of nitrogens with zero attached hydrogens (tertiary/aromatic N) is 1. The molecule has 0 saturated heterocycles. The van der Waals surface area contributed by atoms with Gasteiger partial charge in [-0.1, -0.05) is 18.2 Å². The summed E-state index contributed by atoms with van der Waals surface area (Å²) in [7, 11) is 0. The van der Waals surface area contributed by atoms with E-state index in [0.29, 0.717) is 0 Å². The number of H-pyrrole nitrogens is 1. The van der Waals surface area contributed by atoms with Gasteiger partial charge in [0.2, 0.25) is 0 Å². The van der Waals surface area contributed by atoms with Gasteiger partial charge in [-0.15, -0.1) is 0 Å². The Morgan fingerprint density at radius 2 is 2.32 bits per heavy atom. The highest BCUT2D eigenvalue weighted by molar-refractivity contribution is 5.76. The summed E-state index contributed by atoms with van der Waals surface area (Å²) in [4.78, 5) is 17.9. The van der Waals surface area contributed by atoms with Crippen LogP contribution < -0.4 is 5.56 Å². The zero-order valence-corrected chi connectivity index (χ0v) is 11.0. The molecule has 0 saturated carbocycles. The molecular formula is C15H18N2O2. The molecule has 0 aliphatic heterocycles. The first-order valence-corrected chi connectivity index (χ1v) is 6.49. The second-order valence-electron chi connectivity index (χ2n) is 4.71. The van der Waals surface area contributed by atoms with Crippen LogP contribution in [0.5, 0.6) is 0 Å². The van der Waals surface area contributed by atoms with Crippen LogP contribution in [0.1, 0.15) is 31.7 Å². The van der Waals surface area contributed by atoms with Crippen molar-refractivity contribution in [2.24, 2.45) is 0 Å². The molecule has 0 amide bonds. The van der Waals surface area contributed by atoms with E-state index in [1.165, 1.54) is 6.20 Å². The third-order valence-corrected chi connectivity index (χ3v) is 2.90. The summed E-state index contributed by atoms with van der Waals surface area (Å²) in [5.41, 5.74) is 2.41. The number of benzene rings is 1. The van der Waals surface area contributed by atoms with Crippen molar-refractivity contribution in [1.82, 2.24) is 9.97 Å². The van der Waals surface area contributed by atoms with Crippen LogP contribution in [0.15, 0.2) is 35.3 Å². The molecule has 1 heterocycles. The summed E-state index contributed by atoms with van der Waals surface area (Å²) in [6.45, 7) is 1.81. The normalized spacial score (nSPS) is 13.2. The maximum Gasteiger partial charge on any atom is 0.266 e. The average molecular weight is 258 g/mol. The van der Waals surface area contributed by atoms with Crippen LogP contribution in [-0.2, 0) is 0 Å². The fourth-order valence-electron chi connectivity index (χ4n) is 1.91. The summed E-state index contributed by atoms with van der Waals surface area (Å²) < 4.78 is 0. The van der Waals surface area contributed by atoms with Crippen molar-refractivity contribution in [3.05, 3.63) is 46.4 Å². The summed E-state index contributed by atoms with van der Waals surface area (Å²) in [6, 6.07) is 5.75. The van der Waals surface area contributed by atoms with Gasteiger partial charge in [0.25, 0.3) is 5.56 Å². The Kier molecular flexibility index (Phi) is 4.47. The number of aliphatic hydroxyl groups is 1. The molecule has 2 N–H and O–H groups in total. The number of hydrogen-bond donors (Lipinski definition) is 2. The number of fused-ring (bicyclic) bond motifs is 1. The van der Waals surface area contributed by atoms with E-state index in [1.807, 2.05) is 24.3 Å². The minimum Gasteiger partial charge on any atom is -0.393 e. The Labute approximate surface area is 111 Å². The predicted molar refractivity (Wildman–Crippen MR) is 76.9 cm³/mol. The number of hydrogen-bond acceptors (Lipinski definition) is 3. The van der Waals surface area contributed by atoms with Gasteiger partial charge in [-0.3, -0.25) is 4.79 Å². The topological polar surface area (TPSA) is 66.0 Å². The van der Waals surface area contributed by atoms with Gasteiger partial charge in [0, 0.05) is 0 Å². The molecule has 1 atom stereocenters. The van der Waals surface area contributed by atoms with Gasteiger partial charge in [-0.05, 0) is 43.9 Å². The van der Waals surface area contributed by atoms with Crippen LogP contribution in [0.25, 0.3) is 17.1 Å². The quantitative estimate of drug-likeness (QED) is 0.810. The highest BCUT2D eigenvalue weighted by atomic mass is 16.3. The highest BCUT2D eigenvalue weighted by Gasteiger charge is 1.97. The lowest BCUT2D eigenvalue weighted by atomic mass is 10.1. The van der Waals surface area contributed by atoms with Crippen molar-refractivity contribution in [2.45, 2.75) is 32.3 Å². The number of aromatic amines is 1. The first kappa shape index (κ1) is 13.5. The van der Waals surface area contributed by atoms with E-state index in [-0.39, 0.29) is 11.7 Å². The molecule has 0 spiro atoms. The van der Waals surface area contributed by atoms with Gasteiger partial charge in [-0.25, -0.2) is 4.98 Å². The smallest absolute Gasteiger partial charge is 0.266 e. The maximum atomic E-state index is 11.1. The number of aliphatic hydroxyl groups excluding tert-OH is 1. The SMILES string of the molecule is CC(O)CCCC=Cc1ccc2[nH]c(=O)cnc2c1. The fraction of sp³-hybridized carbons (Fsp3) is 0.333. The lowest BCUT2D eigenvalue weighted by Gasteiger charge is -2.00. The van der Waals surface area contributed by atoms with Crippen LogP contribution in [0.3, 0.4) is 0 Å². The largest absolute Gasteiger partial charge is 0.393 e. The van der Waals surface area contributed by atoms with Crippen molar-refractivity contribution in [1.29, 1.82) is 0 Å². The van der Waals surface area contributed by atoms with Crippen molar-refractivity contribution >= 4 is 17.1 Å². The zero-order valence-electron chi connectivity index (χ0n) is 11.0. The molecular weight excluding hydrogens is 240 g/mol.